The summed E-state index contributed by atoms with van der Waals surface area (Å²) in [6.07, 6.45) is -0.415. The van der Waals surface area contributed by atoms with Gasteiger partial charge in [-0.25, -0.2) is 13.2 Å². The number of benzene rings is 2. The van der Waals surface area contributed by atoms with Crippen LogP contribution in [-0.2, 0) is 17.6 Å². The smallest absolute Gasteiger partial charge is 0.141 e. The Bertz CT molecular complexity index is 635. The predicted octanol–water partition coefficient (Wildman–Crippen LogP) is 4.11. The number of rotatable bonds is 4. The molecule has 20 heavy (non-hydrogen) atoms. The fourth-order valence-corrected chi connectivity index (χ4v) is 2.04. The van der Waals surface area contributed by atoms with Gasteiger partial charge in [0.05, 0.1) is 5.02 Å². The summed E-state index contributed by atoms with van der Waals surface area (Å²) in [5.41, 5.74) is 0.240. The van der Waals surface area contributed by atoms with E-state index in [1.165, 1.54) is 18.2 Å². The lowest BCUT2D eigenvalue weighted by molar-refractivity contribution is -0.117. The van der Waals surface area contributed by atoms with Crippen molar-refractivity contribution < 1.29 is 18.0 Å². The van der Waals surface area contributed by atoms with Crippen LogP contribution in [0.3, 0.4) is 0 Å². The standard InChI is InChI=1S/C15H10ClF3O/c16-12-7-9(4-5-15(12)19)6-10(20)8-11-13(17)2-1-3-14(11)18/h1-5,7H,6,8H2. The van der Waals surface area contributed by atoms with Gasteiger partial charge < -0.3 is 0 Å². The molecule has 0 heterocycles. The Morgan fingerprint density at radius 1 is 0.950 bits per heavy atom. The van der Waals surface area contributed by atoms with Crippen molar-refractivity contribution in [2.24, 2.45) is 0 Å². The SMILES string of the molecule is O=C(Cc1ccc(F)c(Cl)c1)Cc1c(F)cccc1F. The van der Waals surface area contributed by atoms with E-state index in [9.17, 15) is 18.0 Å². The molecule has 0 N–H and O–H groups in total. The van der Waals surface area contributed by atoms with Gasteiger partial charge in [-0.2, -0.15) is 0 Å². The highest BCUT2D eigenvalue weighted by Gasteiger charge is 2.14. The molecule has 2 aromatic carbocycles. The lowest BCUT2D eigenvalue weighted by Crippen LogP contribution is -2.09. The van der Waals surface area contributed by atoms with Crippen LogP contribution in [0.15, 0.2) is 36.4 Å². The second-order valence-electron chi connectivity index (χ2n) is 4.34. The van der Waals surface area contributed by atoms with Crippen molar-refractivity contribution in [2.45, 2.75) is 12.8 Å². The molecular formula is C15H10ClF3O. The van der Waals surface area contributed by atoms with E-state index in [-0.39, 0.29) is 29.2 Å². The molecule has 0 atom stereocenters. The van der Waals surface area contributed by atoms with Gasteiger partial charge >= 0.3 is 0 Å². The van der Waals surface area contributed by atoms with E-state index in [1.54, 1.807) is 0 Å². The zero-order valence-corrected chi connectivity index (χ0v) is 11.1. The summed E-state index contributed by atoms with van der Waals surface area (Å²) in [7, 11) is 0. The molecule has 0 radical (unpaired) electrons. The topological polar surface area (TPSA) is 17.1 Å². The lowest BCUT2D eigenvalue weighted by Gasteiger charge is -2.05. The van der Waals surface area contributed by atoms with Crippen LogP contribution >= 0.6 is 11.6 Å². The van der Waals surface area contributed by atoms with Gasteiger partial charge in [0.25, 0.3) is 0 Å². The third kappa shape index (κ3) is 3.39. The molecule has 104 valence electrons. The Morgan fingerprint density at radius 3 is 2.20 bits per heavy atom. The highest BCUT2D eigenvalue weighted by molar-refractivity contribution is 6.30. The summed E-state index contributed by atoms with van der Waals surface area (Å²) in [5, 5.41) is -0.0904. The normalized spacial score (nSPS) is 10.6. The van der Waals surface area contributed by atoms with Gasteiger partial charge in [0.15, 0.2) is 0 Å². The Kier molecular flexibility index (Phi) is 4.45. The van der Waals surface area contributed by atoms with Crippen molar-refractivity contribution in [1.29, 1.82) is 0 Å². The molecule has 0 saturated carbocycles. The highest BCUT2D eigenvalue weighted by atomic mass is 35.5. The predicted molar refractivity (Wildman–Crippen MR) is 70.2 cm³/mol. The van der Waals surface area contributed by atoms with E-state index in [1.807, 2.05) is 0 Å². The van der Waals surface area contributed by atoms with E-state index in [4.69, 9.17) is 11.6 Å². The number of carbonyl (C=O) groups is 1. The van der Waals surface area contributed by atoms with Gasteiger partial charge in [-0.15, -0.1) is 0 Å². The quantitative estimate of drug-likeness (QED) is 0.830. The van der Waals surface area contributed by atoms with Crippen LogP contribution in [0.1, 0.15) is 11.1 Å². The maximum Gasteiger partial charge on any atom is 0.141 e. The number of hydrogen-bond acceptors (Lipinski definition) is 1. The average molecular weight is 299 g/mol. The molecule has 2 aromatic rings. The molecule has 0 saturated heterocycles. The lowest BCUT2D eigenvalue weighted by atomic mass is 10.0. The van der Waals surface area contributed by atoms with Crippen molar-refractivity contribution in [2.75, 3.05) is 0 Å². The first-order valence-electron chi connectivity index (χ1n) is 5.86. The first-order chi connectivity index (χ1) is 9.47. The molecule has 5 heteroatoms. The maximum absolute atomic E-state index is 13.4. The number of ketones is 1. The summed E-state index contributed by atoms with van der Waals surface area (Å²) in [6.45, 7) is 0. The minimum atomic E-state index is -0.754. The van der Waals surface area contributed by atoms with Crippen molar-refractivity contribution >= 4 is 17.4 Å². The minimum Gasteiger partial charge on any atom is -0.299 e. The second kappa shape index (κ2) is 6.09. The summed E-state index contributed by atoms with van der Waals surface area (Å²) in [6, 6.07) is 7.32. The van der Waals surface area contributed by atoms with Crippen molar-refractivity contribution in [3.63, 3.8) is 0 Å². The van der Waals surface area contributed by atoms with Gasteiger partial charge in [0.1, 0.15) is 23.2 Å². The molecular weight excluding hydrogens is 289 g/mol. The molecule has 0 aromatic heterocycles. The third-order valence-corrected chi connectivity index (χ3v) is 3.11. The van der Waals surface area contributed by atoms with Crippen LogP contribution in [0.5, 0.6) is 0 Å². The van der Waals surface area contributed by atoms with Gasteiger partial charge in [-0.3, -0.25) is 4.79 Å². The Morgan fingerprint density at radius 2 is 1.60 bits per heavy atom. The molecule has 1 nitrogen and oxygen atoms in total. The Hall–Kier alpha value is -1.81. The number of hydrogen-bond donors (Lipinski definition) is 0. The first kappa shape index (κ1) is 14.6. The van der Waals surface area contributed by atoms with Gasteiger partial charge in [0, 0.05) is 18.4 Å². The summed E-state index contributed by atoms with van der Waals surface area (Å²) in [4.78, 5) is 11.8. The average Bonchev–Trinajstić information content (AvgIpc) is 2.38. The number of Topliss-reactive ketones (excluding diaryl/α,β-unsaturated/α-hetero) is 1. The van der Waals surface area contributed by atoms with Crippen molar-refractivity contribution in [3.05, 3.63) is 70.0 Å². The van der Waals surface area contributed by atoms with Crippen LogP contribution in [0.2, 0.25) is 5.02 Å². The number of carbonyl (C=O) groups excluding carboxylic acids is 1. The largest absolute Gasteiger partial charge is 0.299 e. The van der Waals surface area contributed by atoms with E-state index < -0.39 is 17.5 Å². The maximum atomic E-state index is 13.4. The van der Waals surface area contributed by atoms with E-state index in [0.29, 0.717) is 5.56 Å². The van der Waals surface area contributed by atoms with E-state index >= 15 is 0 Å². The van der Waals surface area contributed by atoms with Gasteiger partial charge in [-0.1, -0.05) is 23.7 Å². The Labute approximate surface area is 119 Å². The molecule has 2 rings (SSSR count). The van der Waals surface area contributed by atoms with Crippen LogP contribution < -0.4 is 0 Å². The van der Waals surface area contributed by atoms with Gasteiger partial charge in [-0.05, 0) is 29.8 Å². The molecule has 0 spiro atoms. The van der Waals surface area contributed by atoms with E-state index in [0.717, 1.165) is 18.2 Å². The molecule has 0 unspecified atom stereocenters. The third-order valence-electron chi connectivity index (χ3n) is 2.82. The monoisotopic (exact) mass is 298 g/mol. The van der Waals surface area contributed by atoms with Crippen LogP contribution in [0.25, 0.3) is 0 Å². The fourth-order valence-electron chi connectivity index (χ4n) is 1.84. The summed E-state index contributed by atoms with van der Waals surface area (Å²) in [5.74, 6) is -2.47. The Balaban J connectivity index is 2.11. The zero-order chi connectivity index (χ0) is 14.7. The summed E-state index contributed by atoms with van der Waals surface area (Å²) < 4.78 is 39.8. The second-order valence-corrected chi connectivity index (χ2v) is 4.75. The zero-order valence-electron chi connectivity index (χ0n) is 10.3. The fraction of sp³-hybridized carbons (Fsp3) is 0.133. The van der Waals surface area contributed by atoms with Crippen LogP contribution in [0, 0.1) is 17.5 Å². The van der Waals surface area contributed by atoms with Crippen LogP contribution in [0.4, 0.5) is 13.2 Å². The minimum absolute atomic E-state index is 0.0617. The molecule has 0 bridgehead atoms. The molecule has 0 aliphatic rings. The molecule has 0 aliphatic heterocycles. The first-order valence-corrected chi connectivity index (χ1v) is 6.23. The summed E-state index contributed by atoms with van der Waals surface area (Å²) >= 11 is 5.60. The molecule has 0 amide bonds. The van der Waals surface area contributed by atoms with Gasteiger partial charge in [0.2, 0.25) is 0 Å². The van der Waals surface area contributed by atoms with Crippen LogP contribution in [-0.4, -0.2) is 5.78 Å². The van der Waals surface area contributed by atoms with E-state index in [2.05, 4.69) is 0 Å². The molecule has 0 fully saturated rings. The van der Waals surface area contributed by atoms with Crippen molar-refractivity contribution in [1.82, 2.24) is 0 Å². The van der Waals surface area contributed by atoms with Crippen molar-refractivity contribution in [3.8, 4) is 0 Å². The highest BCUT2D eigenvalue weighted by Crippen LogP contribution is 2.18. The number of halogens is 4. The molecule has 0 aliphatic carbocycles.